The predicted octanol–water partition coefficient (Wildman–Crippen LogP) is 7.43. The number of amides is 1. The van der Waals surface area contributed by atoms with Gasteiger partial charge in [0.15, 0.2) is 28.9 Å². The predicted molar refractivity (Wildman–Crippen MR) is 173 cm³/mol. The highest BCUT2D eigenvalue weighted by molar-refractivity contribution is 6.14. The Morgan fingerprint density at radius 3 is 2.35 bits per heavy atom. The summed E-state index contributed by atoms with van der Waals surface area (Å²) in [6, 6.07) is 13.0. The van der Waals surface area contributed by atoms with Crippen LogP contribution in [0.4, 0.5) is 18.9 Å². The van der Waals surface area contributed by atoms with Crippen molar-refractivity contribution in [1.29, 1.82) is 0 Å². The second-order valence-corrected chi connectivity index (χ2v) is 13.1. The standard InChI is InChI=1S/C37H36F3N3O5/c1-46-32-19-26-30(20-33(32)47-21-36(11-12-36)43-23-4-2-3-5-23)41-15-10-31(26)48-25-8-6-22(28(39)18-25)16-34(44)37(13-14-37)35(45)42-24-7-9-27(38)29(40)17-24/h6-10,15,17-20,23,43H,2-5,11-14,16,21H2,1H3,(H,42,45). The van der Waals surface area contributed by atoms with Crippen molar-refractivity contribution in [2.24, 2.45) is 5.41 Å². The van der Waals surface area contributed by atoms with Gasteiger partial charge in [-0.1, -0.05) is 18.9 Å². The van der Waals surface area contributed by atoms with Crippen LogP contribution in [0, 0.1) is 22.9 Å². The maximum Gasteiger partial charge on any atom is 0.238 e. The zero-order chi connectivity index (χ0) is 33.5. The topological polar surface area (TPSA) is 98.8 Å². The Morgan fingerprint density at radius 1 is 0.875 bits per heavy atom. The minimum absolute atomic E-state index is 0.00453. The summed E-state index contributed by atoms with van der Waals surface area (Å²) in [6.45, 7) is 0.537. The number of carbonyl (C=O) groups excluding carboxylic acids is 2. The first-order chi connectivity index (χ1) is 23.2. The number of nitrogens with one attached hydrogen (secondary N) is 2. The quantitative estimate of drug-likeness (QED) is 0.144. The fourth-order valence-electron chi connectivity index (χ4n) is 6.48. The lowest BCUT2D eigenvalue weighted by molar-refractivity contribution is -0.132. The van der Waals surface area contributed by atoms with Crippen molar-refractivity contribution < 1.29 is 37.0 Å². The largest absolute Gasteiger partial charge is 0.493 e. The van der Waals surface area contributed by atoms with Gasteiger partial charge in [-0.05, 0) is 74.4 Å². The van der Waals surface area contributed by atoms with Crippen LogP contribution >= 0.6 is 0 Å². The highest BCUT2D eigenvalue weighted by Crippen LogP contribution is 2.48. The fraction of sp³-hybridized carbons (Fsp3) is 0.378. The number of ketones is 1. The number of hydrogen-bond donors (Lipinski definition) is 2. The molecule has 1 amide bonds. The molecule has 2 N–H and O–H groups in total. The number of fused-ring (bicyclic) bond motifs is 1. The monoisotopic (exact) mass is 659 g/mol. The van der Waals surface area contributed by atoms with Gasteiger partial charge in [0.2, 0.25) is 5.91 Å². The van der Waals surface area contributed by atoms with E-state index < -0.39 is 34.6 Å². The number of nitrogens with zero attached hydrogens (tertiary/aromatic N) is 1. The van der Waals surface area contributed by atoms with Crippen LogP contribution in [0.1, 0.15) is 56.9 Å². The first kappa shape index (κ1) is 31.9. The summed E-state index contributed by atoms with van der Waals surface area (Å²) in [7, 11) is 1.57. The summed E-state index contributed by atoms with van der Waals surface area (Å²) in [5.41, 5.74) is -0.566. The van der Waals surface area contributed by atoms with Crippen molar-refractivity contribution in [2.75, 3.05) is 19.0 Å². The molecule has 0 radical (unpaired) electrons. The Balaban J connectivity index is 1.02. The number of halogens is 3. The Bertz CT molecular complexity index is 1890. The van der Waals surface area contributed by atoms with E-state index in [1.807, 2.05) is 6.07 Å². The number of hydrogen-bond acceptors (Lipinski definition) is 7. The second-order valence-electron chi connectivity index (χ2n) is 13.1. The van der Waals surface area contributed by atoms with Gasteiger partial charge in [0.25, 0.3) is 0 Å². The minimum Gasteiger partial charge on any atom is -0.493 e. The van der Waals surface area contributed by atoms with E-state index in [9.17, 15) is 18.4 Å². The lowest BCUT2D eigenvalue weighted by atomic mass is 9.93. The minimum atomic E-state index is -1.34. The first-order valence-electron chi connectivity index (χ1n) is 16.3. The highest BCUT2D eigenvalue weighted by Gasteiger charge is 2.55. The third-order valence-corrected chi connectivity index (χ3v) is 9.71. The molecule has 48 heavy (non-hydrogen) atoms. The van der Waals surface area contributed by atoms with E-state index in [1.54, 1.807) is 31.5 Å². The number of anilines is 1. The normalized spacial score (nSPS) is 17.6. The molecule has 7 rings (SSSR count). The van der Waals surface area contributed by atoms with Gasteiger partial charge in [0.1, 0.15) is 29.3 Å². The van der Waals surface area contributed by atoms with Gasteiger partial charge in [-0.25, -0.2) is 13.2 Å². The van der Waals surface area contributed by atoms with Gasteiger partial charge in [-0.2, -0.15) is 0 Å². The van der Waals surface area contributed by atoms with E-state index in [4.69, 9.17) is 14.2 Å². The molecule has 3 saturated carbocycles. The number of ether oxygens (including phenoxy) is 3. The summed E-state index contributed by atoms with van der Waals surface area (Å²) in [5, 5.41) is 6.93. The van der Waals surface area contributed by atoms with E-state index in [0.29, 0.717) is 40.8 Å². The zero-order valence-corrected chi connectivity index (χ0v) is 26.5. The molecule has 1 heterocycles. The van der Waals surface area contributed by atoms with Crippen LogP contribution in [0.3, 0.4) is 0 Å². The van der Waals surface area contributed by atoms with Gasteiger partial charge in [0, 0.05) is 47.9 Å². The molecule has 250 valence electrons. The average Bonchev–Trinajstić information content (AvgIpc) is 3.99. The van der Waals surface area contributed by atoms with Gasteiger partial charge in [0.05, 0.1) is 18.2 Å². The van der Waals surface area contributed by atoms with Crippen molar-refractivity contribution in [3.63, 3.8) is 0 Å². The van der Waals surface area contributed by atoms with Crippen LogP contribution in [0.2, 0.25) is 0 Å². The SMILES string of the molecule is COc1cc2c(Oc3ccc(CC(=O)C4(C(=O)Nc5ccc(F)c(F)c5)CC4)c(F)c3)ccnc2cc1OCC1(NC2CCCC2)CC1. The number of aromatic nitrogens is 1. The third kappa shape index (κ3) is 6.56. The van der Waals surface area contributed by atoms with E-state index in [1.165, 1.54) is 43.9 Å². The molecule has 0 bridgehead atoms. The van der Waals surface area contributed by atoms with Crippen molar-refractivity contribution in [1.82, 2.24) is 10.3 Å². The lowest BCUT2D eigenvalue weighted by Gasteiger charge is -2.23. The summed E-state index contributed by atoms with van der Waals surface area (Å²) in [4.78, 5) is 30.6. The number of rotatable bonds is 13. The summed E-state index contributed by atoms with van der Waals surface area (Å²) >= 11 is 0. The van der Waals surface area contributed by atoms with Crippen LogP contribution in [0.15, 0.2) is 60.8 Å². The van der Waals surface area contributed by atoms with Crippen LogP contribution in [-0.2, 0) is 16.0 Å². The summed E-state index contributed by atoms with van der Waals surface area (Å²) in [6.07, 6.45) is 8.98. The van der Waals surface area contributed by atoms with Gasteiger partial charge < -0.3 is 24.8 Å². The highest BCUT2D eigenvalue weighted by atomic mass is 19.2. The van der Waals surface area contributed by atoms with Gasteiger partial charge in [-0.15, -0.1) is 0 Å². The number of Topliss-reactive ketones (excluding diaryl/α,β-unsaturated/α-hetero) is 1. The van der Waals surface area contributed by atoms with Crippen LogP contribution in [0.25, 0.3) is 10.9 Å². The Hall–Kier alpha value is -4.64. The maximum absolute atomic E-state index is 15.3. The van der Waals surface area contributed by atoms with Crippen LogP contribution in [0.5, 0.6) is 23.0 Å². The number of methoxy groups -OCH3 is 1. The number of benzene rings is 3. The Kier molecular flexibility index (Phi) is 8.49. The summed E-state index contributed by atoms with van der Waals surface area (Å²) in [5.74, 6) is -2.15. The second kappa shape index (κ2) is 12.8. The van der Waals surface area contributed by atoms with Crippen molar-refractivity contribution in [3.05, 3.63) is 83.8 Å². The Labute approximate surface area is 276 Å². The first-order valence-corrected chi connectivity index (χ1v) is 16.3. The van der Waals surface area contributed by atoms with Crippen molar-refractivity contribution in [3.8, 4) is 23.0 Å². The van der Waals surface area contributed by atoms with Gasteiger partial charge >= 0.3 is 0 Å². The molecule has 8 nitrogen and oxygen atoms in total. The van der Waals surface area contributed by atoms with Crippen molar-refractivity contribution in [2.45, 2.75) is 69.4 Å². The lowest BCUT2D eigenvalue weighted by Crippen LogP contribution is -2.42. The third-order valence-electron chi connectivity index (χ3n) is 9.71. The van der Waals surface area contributed by atoms with Crippen LogP contribution in [-0.4, -0.2) is 42.0 Å². The molecule has 0 unspecified atom stereocenters. The number of carbonyl (C=O) groups is 2. The van der Waals surface area contributed by atoms with E-state index in [2.05, 4.69) is 15.6 Å². The maximum atomic E-state index is 15.3. The van der Waals surface area contributed by atoms with Gasteiger partial charge in [-0.3, -0.25) is 14.6 Å². The molecule has 4 aromatic rings. The molecule has 0 saturated heterocycles. The van der Waals surface area contributed by atoms with E-state index >= 15 is 4.39 Å². The van der Waals surface area contributed by atoms with E-state index in [0.717, 1.165) is 25.0 Å². The molecule has 0 spiro atoms. The fourth-order valence-corrected chi connectivity index (χ4v) is 6.48. The average molecular weight is 660 g/mol. The molecule has 11 heteroatoms. The molecular formula is C37H36F3N3O5. The van der Waals surface area contributed by atoms with Crippen molar-refractivity contribution >= 4 is 28.3 Å². The Morgan fingerprint density at radius 2 is 1.67 bits per heavy atom. The molecule has 1 aromatic heterocycles. The molecule has 3 fully saturated rings. The molecule has 0 atom stereocenters. The van der Waals surface area contributed by atoms with E-state index in [-0.39, 0.29) is 41.8 Å². The molecule has 3 aliphatic rings. The molecule has 3 aliphatic carbocycles. The number of pyridine rings is 1. The summed E-state index contributed by atoms with van der Waals surface area (Å²) < 4.78 is 60.2. The zero-order valence-electron chi connectivity index (χ0n) is 26.5. The molecule has 0 aliphatic heterocycles. The molecule has 3 aromatic carbocycles. The smallest absolute Gasteiger partial charge is 0.238 e. The molecular weight excluding hydrogens is 623 g/mol. The van der Waals surface area contributed by atoms with Crippen LogP contribution < -0.4 is 24.8 Å².